The lowest BCUT2D eigenvalue weighted by Gasteiger charge is -2.11. The molecule has 2 N–H and O–H groups in total. The standard InChI is InChI=1S/C22H18N2O6/c1-13-6-8-18(10-14(13)2)30-17-5-3-4-15(11-17)23-21(25)19-9-7-16(24(28)29)12-20(19)22(26)27/h3-12H,1-2H3,(H,23,25)(H,26,27). The summed E-state index contributed by atoms with van der Waals surface area (Å²) in [6.07, 6.45) is 0. The summed E-state index contributed by atoms with van der Waals surface area (Å²) >= 11 is 0. The van der Waals surface area contributed by atoms with Gasteiger partial charge in [0.25, 0.3) is 11.6 Å². The summed E-state index contributed by atoms with van der Waals surface area (Å²) in [5, 5.41) is 22.8. The number of carboxylic acids is 1. The SMILES string of the molecule is Cc1ccc(Oc2cccc(NC(=O)c3ccc([N+](=O)[O-])cc3C(=O)O)c2)cc1C. The Morgan fingerprint density at radius 1 is 0.933 bits per heavy atom. The molecule has 0 radical (unpaired) electrons. The summed E-state index contributed by atoms with van der Waals surface area (Å²) < 4.78 is 5.83. The van der Waals surface area contributed by atoms with Gasteiger partial charge >= 0.3 is 5.97 Å². The average Bonchev–Trinajstić information content (AvgIpc) is 2.70. The van der Waals surface area contributed by atoms with Crippen molar-refractivity contribution in [3.63, 3.8) is 0 Å². The number of nitrogens with zero attached hydrogens (tertiary/aromatic N) is 1. The number of nitro groups is 1. The lowest BCUT2D eigenvalue weighted by atomic mass is 10.1. The minimum Gasteiger partial charge on any atom is -0.478 e. The maximum absolute atomic E-state index is 12.6. The lowest BCUT2D eigenvalue weighted by molar-refractivity contribution is -0.384. The Labute approximate surface area is 171 Å². The first-order chi connectivity index (χ1) is 14.2. The Kier molecular flexibility index (Phi) is 5.78. The molecule has 0 saturated carbocycles. The van der Waals surface area contributed by atoms with E-state index in [1.807, 2.05) is 32.0 Å². The summed E-state index contributed by atoms with van der Waals surface area (Å²) in [4.78, 5) is 34.2. The molecule has 0 aliphatic heterocycles. The van der Waals surface area contributed by atoms with Crippen molar-refractivity contribution in [2.45, 2.75) is 13.8 Å². The van der Waals surface area contributed by atoms with Crippen LogP contribution < -0.4 is 10.1 Å². The van der Waals surface area contributed by atoms with Crippen LogP contribution in [0.25, 0.3) is 0 Å². The van der Waals surface area contributed by atoms with Crippen molar-refractivity contribution in [1.29, 1.82) is 0 Å². The van der Waals surface area contributed by atoms with Gasteiger partial charge in [-0.25, -0.2) is 4.79 Å². The molecule has 1 amide bonds. The van der Waals surface area contributed by atoms with Crippen molar-refractivity contribution >= 4 is 23.3 Å². The zero-order valence-corrected chi connectivity index (χ0v) is 16.2. The van der Waals surface area contributed by atoms with Crippen LogP contribution in [0.4, 0.5) is 11.4 Å². The predicted octanol–water partition coefficient (Wildman–Crippen LogP) is 4.95. The third-order valence-corrected chi connectivity index (χ3v) is 4.49. The van der Waals surface area contributed by atoms with Gasteiger partial charge in [0.05, 0.1) is 16.1 Å². The molecule has 3 aromatic rings. The summed E-state index contributed by atoms with van der Waals surface area (Å²) in [6, 6.07) is 15.4. The molecule has 0 bridgehead atoms. The fourth-order valence-corrected chi connectivity index (χ4v) is 2.77. The molecule has 0 aromatic heterocycles. The molecule has 152 valence electrons. The molecule has 3 rings (SSSR count). The van der Waals surface area contributed by atoms with Gasteiger partial charge < -0.3 is 15.2 Å². The number of ether oxygens (including phenoxy) is 1. The van der Waals surface area contributed by atoms with E-state index < -0.39 is 28.1 Å². The van der Waals surface area contributed by atoms with Gasteiger partial charge in [-0.05, 0) is 55.3 Å². The van der Waals surface area contributed by atoms with Crippen LogP contribution in [0.2, 0.25) is 0 Å². The number of carboxylic acid groups (broad SMARTS) is 1. The van der Waals surface area contributed by atoms with Gasteiger partial charge in [0.15, 0.2) is 0 Å². The largest absolute Gasteiger partial charge is 0.478 e. The van der Waals surface area contributed by atoms with E-state index in [4.69, 9.17) is 4.74 Å². The molecular formula is C22H18N2O6. The van der Waals surface area contributed by atoms with Gasteiger partial charge in [0.2, 0.25) is 0 Å². The van der Waals surface area contributed by atoms with Crippen LogP contribution >= 0.6 is 0 Å². The van der Waals surface area contributed by atoms with Crippen molar-refractivity contribution in [1.82, 2.24) is 0 Å². The minimum absolute atomic E-state index is 0.186. The fraction of sp³-hybridized carbons (Fsp3) is 0.0909. The maximum atomic E-state index is 12.6. The van der Waals surface area contributed by atoms with Crippen molar-refractivity contribution in [3.8, 4) is 11.5 Å². The molecule has 0 unspecified atom stereocenters. The number of non-ortho nitro benzene ring substituents is 1. The van der Waals surface area contributed by atoms with Crippen molar-refractivity contribution in [2.75, 3.05) is 5.32 Å². The van der Waals surface area contributed by atoms with E-state index >= 15 is 0 Å². The number of aryl methyl sites for hydroxylation is 2. The second-order valence-corrected chi connectivity index (χ2v) is 6.62. The van der Waals surface area contributed by atoms with E-state index in [0.29, 0.717) is 17.2 Å². The van der Waals surface area contributed by atoms with Crippen LogP contribution in [0.3, 0.4) is 0 Å². The number of benzene rings is 3. The number of nitro benzene ring substituents is 1. The van der Waals surface area contributed by atoms with Gasteiger partial charge in [-0.15, -0.1) is 0 Å². The Hall–Kier alpha value is -4.20. The third kappa shape index (κ3) is 4.61. The fourth-order valence-electron chi connectivity index (χ4n) is 2.77. The highest BCUT2D eigenvalue weighted by Crippen LogP contribution is 2.26. The van der Waals surface area contributed by atoms with Gasteiger partial charge in [-0.3, -0.25) is 14.9 Å². The maximum Gasteiger partial charge on any atom is 0.336 e. The van der Waals surface area contributed by atoms with Crippen LogP contribution in [0.1, 0.15) is 31.8 Å². The summed E-state index contributed by atoms with van der Waals surface area (Å²) in [5.41, 5.74) is 1.55. The molecule has 30 heavy (non-hydrogen) atoms. The number of hydrogen-bond donors (Lipinski definition) is 2. The third-order valence-electron chi connectivity index (χ3n) is 4.49. The number of carbonyl (C=O) groups is 2. The molecule has 3 aromatic carbocycles. The Balaban J connectivity index is 1.82. The number of hydrogen-bond acceptors (Lipinski definition) is 5. The van der Waals surface area contributed by atoms with Crippen molar-refractivity contribution in [2.24, 2.45) is 0 Å². The van der Waals surface area contributed by atoms with E-state index in [1.165, 1.54) is 0 Å². The number of anilines is 1. The van der Waals surface area contributed by atoms with E-state index in [-0.39, 0.29) is 5.56 Å². The number of carbonyl (C=O) groups excluding carboxylic acids is 1. The number of nitrogens with one attached hydrogen (secondary N) is 1. The molecule has 0 fully saturated rings. The smallest absolute Gasteiger partial charge is 0.336 e. The quantitative estimate of drug-likeness (QED) is 0.441. The molecule has 8 heteroatoms. The first-order valence-electron chi connectivity index (χ1n) is 8.93. The zero-order chi connectivity index (χ0) is 21.8. The van der Waals surface area contributed by atoms with E-state index in [2.05, 4.69) is 5.32 Å². The van der Waals surface area contributed by atoms with Crippen molar-refractivity contribution in [3.05, 3.63) is 93.0 Å². The molecule has 0 atom stereocenters. The van der Waals surface area contributed by atoms with Gasteiger partial charge in [0, 0.05) is 23.9 Å². The molecule has 0 spiro atoms. The van der Waals surface area contributed by atoms with Gasteiger partial charge in [-0.2, -0.15) is 0 Å². The molecule has 0 heterocycles. The Bertz CT molecular complexity index is 1160. The van der Waals surface area contributed by atoms with Crippen LogP contribution in [-0.2, 0) is 0 Å². The van der Waals surface area contributed by atoms with E-state index in [1.54, 1.807) is 24.3 Å². The van der Waals surface area contributed by atoms with Crippen LogP contribution in [0.5, 0.6) is 11.5 Å². The average molecular weight is 406 g/mol. The predicted molar refractivity (Wildman–Crippen MR) is 110 cm³/mol. The van der Waals surface area contributed by atoms with E-state index in [0.717, 1.165) is 29.3 Å². The van der Waals surface area contributed by atoms with Crippen LogP contribution in [-0.4, -0.2) is 21.9 Å². The highest BCUT2D eigenvalue weighted by molar-refractivity contribution is 6.11. The Morgan fingerprint density at radius 3 is 2.33 bits per heavy atom. The number of rotatable bonds is 6. The van der Waals surface area contributed by atoms with Crippen molar-refractivity contribution < 1.29 is 24.4 Å². The molecule has 0 aliphatic rings. The molecule has 0 aliphatic carbocycles. The summed E-state index contributed by atoms with van der Waals surface area (Å²) in [7, 11) is 0. The van der Waals surface area contributed by atoms with Crippen LogP contribution in [0.15, 0.2) is 60.7 Å². The minimum atomic E-state index is -1.43. The van der Waals surface area contributed by atoms with Gasteiger partial charge in [-0.1, -0.05) is 12.1 Å². The zero-order valence-electron chi connectivity index (χ0n) is 16.2. The number of amides is 1. The number of aromatic carboxylic acids is 1. The normalized spacial score (nSPS) is 10.3. The summed E-state index contributed by atoms with van der Waals surface area (Å²) in [6.45, 7) is 3.97. The first kappa shape index (κ1) is 20.5. The Morgan fingerprint density at radius 2 is 1.67 bits per heavy atom. The lowest BCUT2D eigenvalue weighted by Crippen LogP contribution is -2.16. The highest BCUT2D eigenvalue weighted by atomic mass is 16.6. The molecular weight excluding hydrogens is 388 g/mol. The molecule has 8 nitrogen and oxygen atoms in total. The van der Waals surface area contributed by atoms with Crippen LogP contribution in [0, 0.1) is 24.0 Å². The van der Waals surface area contributed by atoms with Gasteiger partial charge in [0.1, 0.15) is 11.5 Å². The topological polar surface area (TPSA) is 119 Å². The van der Waals surface area contributed by atoms with E-state index in [9.17, 15) is 24.8 Å². The molecule has 0 saturated heterocycles. The second kappa shape index (κ2) is 8.44. The highest BCUT2D eigenvalue weighted by Gasteiger charge is 2.20. The summed E-state index contributed by atoms with van der Waals surface area (Å²) in [5.74, 6) is -1.01. The first-order valence-corrected chi connectivity index (χ1v) is 8.93. The second-order valence-electron chi connectivity index (χ2n) is 6.62. The monoisotopic (exact) mass is 406 g/mol.